The van der Waals surface area contributed by atoms with Gasteiger partial charge in [0.15, 0.2) is 0 Å². The minimum absolute atomic E-state index is 0.136. The highest BCUT2D eigenvalue weighted by molar-refractivity contribution is 5.75. The standard InChI is InChI=1S/C18H21N3O2/c22-18(20-13-16-7-4-12-23-16)21-17(14-5-2-1-3-6-14)15-8-10-19-11-9-15/h1-3,5-6,8-11,16-17H,4,7,12-13H2,(H2,20,21,22)/t16-,17+/m1/s1. The summed E-state index contributed by atoms with van der Waals surface area (Å²) in [5.74, 6) is 0. The Morgan fingerprint density at radius 2 is 1.91 bits per heavy atom. The van der Waals surface area contributed by atoms with E-state index >= 15 is 0 Å². The van der Waals surface area contributed by atoms with Gasteiger partial charge in [-0.25, -0.2) is 4.79 Å². The lowest BCUT2D eigenvalue weighted by Gasteiger charge is -2.20. The average Bonchev–Trinajstić information content (AvgIpc) is 3.13. The summed E-state index contributed by atoms with van der Waals surface area (Å²) < 4.78 is 5.53. The molecule has 0 spiro atoms. The van der Waals surface area contributed by atoms with E-state index in [1.54, 1.807) is 12.4 Å². The van der Waals surface area contributed by atoms with E-state index in [0.29, 0.717) is 6.54 Å². The summed E-state index contributed by atoms with van der Waals surface area (Å²) in [6.07, 6.45) is 5.68. The van der Waals surface area contributed by atoms with E-state index < -0.39 is 0 Å². The van der Waals surface area contributed by atoms with Gasteiger partial charge in [0.05, 0.1) is 12.1 Å². The minimum atomic E-state index is -0.205. The first-order valence-corrected chi connectivity index (χ1v) is 7.94. The lowest BCUT2D eigenvalue weighted by atomic mass is 10.00. The molecule has 1 fully saturated rings. The van der Waals surface area contributed by atoms with Gasteiger partial charge in [0, 0.05) is 25.5 Å². The Labute approximate surface area is 136 Å². The molecule has 1 aliphatic rings. The lowest BCUT2D eigenvalue weighted by molar-refractivity contribution is 0.111. The number of ether oxygens (including phenoxy) is 1. The van der Waals surface area contributed by atoms with Gasteiger partial charge in [-0.2, -0.15) is 0 Å². The number of hydrogen-bond donors (Lipinski definition) is 2. The monoisotopic (exact) mass is 311 g/mol. The van der Waals surface area contributed by atoms with Crippen molar-refractivity contribution in [2.45, 2.75) is 25.0 Å². The molecule has 2 atom stereocenters. The van der Waals surface area contributed by atoms with Crippen molar-refractivity contribution < 1.29 is 9.53 Å². The molecule has 5 heteroatoms. The number of nitrogens with one attached hydrogen (secondary N) is 2. The van der Waals surface area contributed by atoms with E-state index in [9.17, 15) is 4.79 Å². The molecule has 2 N–H and O–H groups in total. The van der Waals surface area contributed by atoms with Gasteiger partial charge in [0.25, 0.3) is 0 Å². The van der Waals surface area contributed by atoms with Crippen LogP contribution in [0.3, 0.4) is 0 Å². The number of carbonyl (C=O) groups excluding carboxylic acids is 1. The maximum atomic E-state index is 12.3. The summed E-state index contributed by atoms with van der Waals surface area (Å²) >= 11 is 0. The van der Waals surface area contributed by atoms with Gasteiger partial charge < -0.3 is 15.4 Å². The molecule has 2 aromatic rings. The highest BCUT2D eigenvalue weighted by Gasteiger charge is 2.19. The van der Waals surface area contributed by atoms with Crippen LogP contribution in [0.5, 0.6) is 0 Å². The molecule has 1 aliphatic heterocycles. The van der Waals surface area contributed by atoms with E-state index in [1.165, 1.54) is 0 Å². The van der Waals surface area contributed by atoms with Gasteiger partial charge in [-0.15, -0.1) is 0 Å². The fourth-order valence-electron chi connectivity index (χ4n) is 2.75. The molecule has 1 aromatic carbocycles. The molecule has 0 aliphatic carbocycles. The number of pyridine rings is 1. The number of hydrogen-bond acceptors (Lipinski definition) is 3. The first kappa shape index (κ1) is 15.5. The zero-order valence-corrected chi connectivity index (χ0v) is 12.9. The van der Waals surface area contributed by atoms with Gasteiger partial charge in [-0.05, 0) is 36.1 Å². The lowest BCUT2D eigenvalue weighted by Crippen LogP contribution is -2.41. The molecule has 23 heavy (non-hydrogen) atoms. The van der Waals surface area contributed by atoms with Crippen LogP contribution < -0.4 is 10.6 Å². The van der Waals surface area contributed by atoms with E-state index in [0.717, 1.165) is 30.6 Å². The third-order valence-corrected chi connectivity index (χ3v) is 3.96. The van der Waals surface area contributed by atoms with Crippen molar-refractivity contribution in [2.75, 3.05) is 13.2 Å². The fraction of sp³-hybridized carbons (Fsp3) is 0.333. The van der Waals surface area contributed by atoms with Gasteiger partial charge >= 0.3 is 6.03 Å². The van der Waals surface area contributed by atoms with Crippen LogP contribution in [-0.2, 0) is 4.74 Å². The smallest absolute Gasteiger partial charge is 0.315 e. The van der Waals surface area contributed by atoms with Crippen molar-refractivity contribution >= 4 is 6.03 Å². The molecule has 2 heterocycles. The first-order chi connectivity index (χ1) is 11.3. The molecule has 1 aromatic heterocycles. The SMILES string of the molecule is O=C(NC[C@H]1CCCO1)N[C@@H](c1ccccc1)c1ccncc1. The van der Waals surface area contributed by atoms with E-state index in [4.69, 9.17) is 4.74 Å². The molecule has 1 saturated heterocycles. The summed E-state index contributed by atoms with van der Waals surface area (Å²) in [6, 6.07) is 13.3. The van der Waals surface area contributed by atoms with Crippen LogP contribution in [0, 0.1) is 0 Å². The Kier molecular flexibility index (Phi) is 5.21. The molecule has 5 nitrogen and oxygen atoms in total. The summed E-state index contributed by atoms with van der Waals surface area (Å²) in [6.45, 7) is 1.33. The molecular weight excluding hydrogens is 290 g/mol. The normalized spacial score (nSPS) is 18.3. The summed E-state index contributed by atoms with van der Waals surface area (Å²) in [7, 11) is 0. The molecule has 0 radical (unpaired) electrons. The zero-order valence-electron chi connectivity index (χ0n) is 12.9. The number of rotatable bonds is 5. The van der Waals surface area contributed by atoms with Crippen LogP contribution in [0.15, 0.2) is 54.9 Å². The molecule has 120 valence electrons. The second kappa shape index (κ2) is 7.74. The Balaban J connectivity index is 1.67. The minimum Gasteiger partial charge on any atom is -0.376 e. The highest BCUT2D eigenvalue weighted by Crippen LogP contribution is 2.21. The van der Waals surface area contributed by atoms with Gasteiger partial charge in [0.2, 0.25) is 0 Å². The van der Waals surface area contributed by atoms with Crippen LogP contribution >= 0.6 is 0 Å². The molecular formula is C18H21N3O2. The van der Waals surface area contributed by atoms with Crippen LogP contribution in [0.2, 0.25) is 0 Å². The highest BCUT2D eigenvalue weighted by atomic mass is 16.5. The second-order valence-corrected chi connectivity index (χ2v) is 5.61. The topological polar surface area (TPSA) is 63.2 Å². The van der Waals surface area contributed by atoms with Crippen LogP contribution in [-0.4, -0.2) is 30.3 Å². The average molecular weight is 311 g/mol. The largest absolute Gasteiger partial charge is 0.376 e. The van der Waals surface area contributed by atoms with Crippen LogP contribution in [0.25, 0.3) is 0 Å². The van der Waals surface area contributed by atoms with E-state index in [1.807, 2.05) is 42.5 Å². The summed E-state index contributed by atoms with van der Waals surface area (Å²) in [5, 5.41) is 5.94. The van der Waals surface area contributed by atoms with Gasteiger partial charge in [-0.1, -0.05) is 30.3 Å². The Morgan fingerprint density at radius 3 is 2.61 bits per heavy atom. The molecule has 0 bridgehead atoms. The first-order valence-electron chi connectivity index (χ1n) is 7.94. The van der Waals surface area contributed by atoms with E-state index in [2.05, 4.69) is 15.6 Å². The van der Waals surface area contributed by atoms with Gasteiger partial charge in [0.1, 0.15) is 0 Å². The van der Waals surface area contributed by atoms with Crippen LogP contribution in [0.1, 0.15) is 30.0 Å². The zero-order chi connectivity index (χ0) is 15.9. The third-order valence-electron chi connectivity index (χ3n) is 3.96. The molecule has 0 saturated carbocycles. The van der Waals surface area contributed by atoms with Crippen molar-refractivity contribution in [1.29, 1.82) is 0 Å². The van der Waals surface area contributed by atoms with Crippen molar-refractivity contribution in [3.63, 3.8) is 0 Å². The quantitative estimate of drug-likeness (QED) is 0.892. The van der Waals surface area contributed by atoms with E-state index in [-0.39, 0.29) is 18.2 Å². The number of aromatic nitrogens is 1. The molecule has 3 rings (SSSR count). The number of benzene rings is 1. The number of amides is 2. The maximum absolute atomic E-state index is 12.3. The maximum Gasteiger partial charge on any atom is 0.315 e. The fourth-order valence-corrected chi connectivity index (χ4v) is 2.75. The summed E-state index contributed by atoms with van der Waals surface area (Å²) in [5.41, 5.74) is 2.03. The number of carbonyl (C=O) groups is 1. The predicted octanol–water partition coefficient (Wildman–Crippen LogP) is 2.65. The van der Waals surface area contributed by atoms with Crippen molar-refractivity contribution in [3.05, 3.63) is 66.0 Å². The second-order valence-electron chi connectivity index (χ2n) is 5.61. The van der Waals surface area contributed by atoms with Crippen LogP contribution in [0.4, 0.5) is 4.79 Å². The third kappa shape index (κ3) is 4.29. The van der Waals surface area contributed by atoms with Crippen molar-refractivity contribution in [3.8, 4) is 0 Å². The Morgan fingerprint density at radius 1 is 1.17 bits per heavy atom. The Bertz CT molecular complexity index is 573. The number of nitrogens with zero attached hydrogens (tertiary/aromatic N) is 1. The van der Waals surface area contributed by atoms with Crippen molar-refractivity contribution in [2.24, 2.45) is 0 Å². The predicted molar refractivity (Wildman–Crippen MR) is 88.0 cm³/mol. The number of urea groups is 1. The molecule has 2 amide bonds. The molecule has 0 unspecified atom stereocenters. The Hall–Kier alpha value is -2.40. The van der Waals surface area contributed by atoms with Gasteiger partial charge in [-0.3, -0.25) is 4.98 Å². The summed E-state index contributed by atoms with van der Waals surface area (Å²) in [4.78, 5) is 16.3. The van der Waals surface area contributed by atoms with Crippen molar-refractivity contribution in [1.82, 2.24) is 15.6 Å².